The molecule has 0 bridgehead atoms. The van der Waals surface area contributed by atoms with Gasteiger partial charge in [0.15, 0.2) is 0 Å². The maximum absolute atomic E-state index is 9.10. The number of nitrogens with zero attached hydrogens (tertiary/aromatic N) is 2. The number of carbonyl (C=O) groups is 2. The molecule has 7 heteroatoms. The molecule has 23 heavy (non-hydrogen) atoms. The van der Waals surface area contributed by atoms with Crippen LogP contribution < -0.4 is 0 Å². The Morgan fingerprint density at radius 3 is 1.91 bits per heavy atom. The molecular weight excluding hydrogens is 320 g/mol. The van der Waals surface area contributed by atoms with Gasteiger partial charge in [-0.05, 0) is 31.5 Å². The number of halogens is 1. The quantitative estimate of drug-likeness (QED) is 0.818. The van der Waals surface area contributed by atoms with Crippen molar-refractivity contribution in [3.8, 4) is 0 Å². The molecular formula is C16H23ClN2O4. The minimum Gasteiger partial charge on any atom is -0.473 e. The molecule has 2 rings (SSSR count). The highest BCUT2D eigenvalue weighted by atomic mass is 35.5. The summed E-state index contributed by atoms with van der Waals surface area (Å²) in [6.07, 6.45) is 0. The van der Waals surface area contributed by atoms with Crippen molar-refractivity contribution in [3.63, 3.8) is 0 Å². The Bertz CT molecular complexity index is 499. The number of benzene rings is 1. The average molecular weight is 343 g/mol. The van der Waals surface area contributed by atoms with E-state index in [1.54, 1.807) is 0 Å². The zero-order valence-electron chi connectivity index (χ0n) is 13.4. The van der Waals surface area contributed by atoms with Crippen LogP contribution in [-0.4, -0.2) is 64.2 Å². The van der Waals surface area contributed by atoms with Crippen molar-refractivity contribution >= 4 is 23.5 Å². The van der Waals surface area contributed by atoms with Crippen LogP contribution in [0.4, 0.5) is 0 Å². The van der Waals surface area contributed by atoms with Crippen LogP contribution >= 0.6 is 11.6 Å². The Hall–Kier alpha value is -1.63. The smallest absolute Gasteiger partial charge is 0.414 e. The fourth-order valence-electron chi connectivity index (χ4n) is 2.29. The second-order valence-corrected chi connectivity index (χ2v) is 6.08. The number of carboxylic acids is 2. The van der Waals surface area contributed by atoms with Crippen molar-refractivity contribution in [3.05, 3.63) is 34.9 Å². The molecule has 0 saturated carbocycles. The summed E-state index contributed by atoms with van der Waals surface area (Å²) in [4.78, 5) is 23.3. The molecule has 0 radical (unpaired) electrons. The summed E-state index contributed by atoms with van der Waals surface area (Å²) in [5, 5.41) is 15.6. The molecule has 1 aliphatic heterocycles. The second kappa shape index (κ2) is 9.50. The molecule has 1 saturated heterocycles. The van der Waals surface area contributed by atoms with E-state index in [9.17, 15) is 0 Å². The van der Waals surface area contributed by atoms with Gasteiger partial charge in [0.25, 0.3) is 0 Å². The normalized spacial score (nSPS) is 15.8. The van der Waals surface area contributed by atoms with Crippen molar-refractivity contribution < 1.29 is 19.8 Å². The molecule has 1 heterocycles. The first-order valence-electron chi connectivity index (χ1n) is 7.46. The highest BCUT2D eigenvalue weighted by Gasteiger charge is 2.18. The van der Waals surface area contributed by atoms with Crippen LogP contribution in [-0.2, 0) is 16.1 Å². The third kappa shape index (κ3) is 7.45. The third-order valence-corrected chi connectivity index (χ3v) is 3.89. The van der Waals surface area contributed by atoms with Gasteiger partial charge in [0.2, 0.25) is 0 Å². The molecule has 0 amide bonds. The first kappa shape index (κ1) is 19.4. The molecule has 1 aromatic carbocycles. The lowest BCUT2D eigenvalue weighted by Gasteiger charge is -2.36. The summed E-state index contributed by atoms with van der Waals surface area (Å²) in [6, 6.07) is 8.87. The minimum absolute atomic E-state index is 0.674. The van der Waals surface area contributed by atoms with Crippen molar-refractivity contribution in [1.82, 2.24) is 9.80 Å². The van der Waals surface area contributed by atoms with E-state index in [-0.39, 0.29) is 0 Å². The summed E-state index contributed by atoms with van der Waals surface area (Å²) < 4.78 is 0. The van der Waals surface area contributed by atoms with Gasteiger partial charge in [-0.15, -0.1) is 0 Å². The van der Waals surface area contributed by atoms with Gasteiger partial charge in [0, 0.05) is 43.8 Å². The average Bonchev–Trinajstić information content (AvgIpc) is 2.50. The van der Waals surface area contributed by atoms with Gasteiger partial charge in [-0.1, -0.05) is 23.7 Å². The maximum Gasteiger partial charge on any atom is 0.414 e. The predicted octanol–water partition coefficient (Wildman–Crippen LogP) is 2.02. The standard InChI is InChI=1S/C14H21ClN2.C2H2O4/c1-12(2)17-9-7-16(8-10-17)11-13-3-5-14(15)6-4-13;3-1(4)2(5)6/h3-6,12H,7-11H2,1-2H3;(H,3,4)(H,5,6). The molecule has 1 aromatic rings. The van der Waals surface area contributed by atoms with E-state index in [2.05, 4.69) is 35.8 Å². The molecule has 0 aliphatic carbocycles. The summed E-state index contributed by atoms with van der Waals surface area (Å²) in [5.74, 6) is -3.65. The highest BCUT2D eigenvalue weighted by molar-refractivity contribution is 6.30. The van der Waals surface area contributed by atoms with Crippen LogP contribution in [0.3, 0.4) is 0 Å². The minimum atomic E-state index is -1.82. The summed E-state index contributed by atoms with van der Waals surface area (Å²) in [5.41, 5.74) is 1.35. The number of carboxylic acid groups (broad SMARTS) is 2. The number of aliphatic carboxylic acids is 2. The van der Waals surface area contributed by atoms with E-state index in [1.807, 2.05) is 12.1 Å². The first-order valence-corrected chi connectivity index (χ1v) is 7.84. The predicted molar refractivity (Wildman–Crippen MR) is 88.7 cm³/mol. The Labute approximate surface area is 141 Å². The van der Waals surface area contributed by atoms with Crippen LogP contribution in [0.5, 0.6) is 0 Å². The van der Waals surface area contributed by atoms with E-state index >= 15 is 0 Å². The molecule has 0 unspecified atom stereocenters. The Kier molecular flexibility index (Phi) is 8.02. The van der Waals surface area contributed by atoms with Gasteiger partial charge in [0.1, 0.15) is 0 Å². The summed E-state index contributed by atoms with van der Waals surface area (Å²) in [7, 11) is 0. The fourth-order valence-corrected chi connectivity index (χ4v) is 2.41. The van der Waals surface area contributed by atoms with E-state index in [0.29, 0.717) is 6.04 Å². The molecule has 128 valence electrons. The number of rotatable bonds is 3. The SMILES string of the molecule is CC(C)N1CCN(Cc2ccc(Cl)cc2)CC1.O=C(O)C(=O)O. The Balaban J connectivity index is 0.000000379. The van der Waals surface area contributed by atoms with Gasteiger partial charge < -0.3 is 10.2 Å². The zero-order valence-corrected chi connectivity index (χ0v) is 14.2. The number of piperazine rings is 1. The number of hydrogen-bond acceptors (Lipinski definition) is 4. The third-order valence-electron chi connectivity index (χ3n) is 3.64. The lowest BCUT2D eigenvalue weighted by molar-refractivity contribution is -0.159. The van der Waals surface area contributed by atoms with Gasteiger partial charge in [0.05, 0.1) is 0 Å². The van der Waals surface area contributed by atoms with Gasteiger partial charge in [-0.25, -0.2) is 9.59 Å². The number of hydrogen-bond donors (Lipinski definition) is 2. The van der Waals surface area contributed by atoms with Crippen LogP contribution in [0, 0.1) is 0 Å². The molecule has 1 fully saturated rings. The molecule has 0 spiro atoms. The van der Waals surface area contributed by atoms with Gasteiger partial charge in [-0.3, -0.25) is 9.80 Å². The molecule has 1 aliphatic rings. The van der Waals surface area contributed by atoms with Gasteiger partial charge in [-0.2, -0.15) is 0 Å². The van der Waals surface area contributed by atoms with Crippen LogP contribution in [0.1, 0.15) is 19.4 Å². The van der Waals surface area contributed by atoms with E-state index in [0.717, 1.165) is 11.6 Å². The lowest BCUT2D eigenvalue weighted by Crippen LogP contribution is -2.48. The Morgan fingerprint density at radius 1 is 1.04 bits per heavy atom. The van der Waals surface area contributed by atoms with E-state index in [4.69, 9.17) is 31.4 Å². The molecule has 0 aromatic heterocycles. The van der Waals surface area contributed by atoms with E-state index < -0.39 is 11.9 Å². The molecule has 2 N–H and O–H groups in total. The van der Waals surface area contributed by atoms with Gasteiger partial charge >= 0.3 is 11.9 Å². The first-order chi connectivity index (χ1) is 10.8. The van der Waals surface area contributed by atoms with Crippen LogP contribution in [0.25, 0.3) is 0 Å². The van der Waals surface area contributed by atoms with Crippen LogP contribution in [0.15, 0.2) is 24.3 Å². The maximum atomic E-state index is 9.10. The Morgan fingerprint density at radius 2 is 1.52 bits per heavy atom. The molecule has 6 nitrogen and oxygen atoms in total. The highest BCUT2D eigenvalue weighted by Crippen LogP contribution is 2.13. The van der Waals surface area contributed by atoms with Crippen molar-refractivity contribution in [2.45, 2.75) is 26.4 Å². The van der Waals surface area contributed by atoms with Crippen molar-refractivity contribution in [1.29, 1.82) is 0 Å². The largest absolute Gasteiger partial charge is 0.473 e. The topological polar surface area (TPSA) is 81.1 Å². The van der Waals surface area contributed by atoms with Crippen LogP contribution in [0.2, 0.25) is 5.02 Å². The van der Waals surface area contributed by atoms with Crippen molar-refractivity contribution in [2.75, 3.05) is 26.2 Å². The monoisotopic (exact) mass is 342 g/mol. The fraction of sp³-hybridized carbons (Fsp3) is 0.500. The van der Waals surface area contributed by atoms with Crippen molar-refractivity contribution in [2.24, 2.45) is 0 Å². The lowest BCUT2D eigenvalue weighted by atomic mass is 10.2. The van der Waals surface area contributed by atoms with E-state index in [1.165, 1.54) is 31.7 Å². The molecule has 0 atom stereocenters. The second-order valence-electron chi connectivity index (χ2n) is 5.64. The zero-order chi connectivity index (χ0) is 17.4. The summed E-state index contributed by atoms with van der Waals surface area (Å²) in [6.45, 7) is 10.3. The summed E-state index contributed by atoms with van der Waals surface area (Å²) >= 11 is 5.89.